The van der Waals surface area contributed by atoms with Crippen LogP contribution in [0.4, 0.5) is 5.69 Å². The van der Waals surface area contributed by atoms with Crippen molar-refractivity contribution in [2.75, 3.05) is 26.6 Å². The van der Waals surface area contributed by atoms with Gasteiger partial charge >= 0.3 is 0 Å². The van der Waals surface area contributed by atoms with Crippen molar-refractivity contribution in [3.05, 3.63) is 47.0 Å². The van der Waals surface area contributed by atoms with E-state index in [1.165, 1.54) is 14.2 Å². The van der Waals surface area contributed by atoms with E-state index in [1.807, 2.05) is 0 Å². The van der Waals surface area contributed by atoms with E-state index in [9.17, 15) is 4.79 Å². The van der Waals surface area contributed by atoms with Gasteiger partial charge in [-0.3, -0.25) is 4.79 Å². The summed E-state index contributed by atoms with van der Waals surface area (Å²) in [5, 5.41) is 3.36. The summed E-state index contributed by atoms with van der Waals surface area (Å²) >= 11 is 5.91. The highest BCUT2D eigenvalue weighted by Crippen LogP contribution is 2.39. The molecule has 0 aromatic heterocycles. The molecule has 0 aliphatic heterocycles. The van der Waals surface area contributed by atoms with E-state index in [4.69, 9.17) is 25.8 Å². The van der Waals surface area contributed by atoms with Crippen molar-refractivity contribution in [3.63, 3.8) is 0 Å². The zero-order valence-electron chi connectivity index (χ0n) is 13.2. The summed E-state index contributed by atoms with van der Waals surface area (Å²) < 4.78 is 15.9. The number of ether oxygens (including phenoxy) is 3. The molecule has 0 saturated heterocycles. The minimum atomic E-state index is -0.183. The molecule has 0 atom stereocenters. The van der Waals surface area contributed by atoms with Crippen molar-refractivity contribution in [3.8, 4) is 17.2 Å². The van der Waals surface area contributed by atoms with Crippen LogP contribution in [0.2, 0.25) is 5.02 Å². The van der Waals surface area contributed by atoms with Gasteiger partial charge in [0.05, 0.1) is 27.8 Å². The lowest BCUT2D eigenvalue weighted by atomic mass is 10.1. The number of methoxy groups -OCH3 is 3. The predicted molar refractivity (Wildman–Crippen MR) is 89.9 cm³/mol. The Kier molecular flexibility index (Phi) is 5.71. The second-order valence-electron chi connectivity index (χ2n) is 4.73. The van der Waals surface area contributed by atoms with Crippen LogP contribution in [0.5, 0.6) is 17.2 Å². The molecule has 0 aliphatic carbocycles. The SMILES string of the molecule is COc1ccc(CC(=O)Nc2cccc(Cl)c2)c(OC)c1OC. The van der Waals surface area contributed by atoms with Crippen LogP contribution < -0.4 is 19.5 Å². The second-order valence-corrected chi connectivity index (χ2v) is 5.17. The van der Waals surface area contributed by atoms with Gasteiger partial charge in [-0.15, -0.1) is 0 Å². The number of carbonyl (C=O) groups is 1. The number of halogens is 1. The lowest BCUT2D eigenvalue weighted by Gasteiger charge is -2.15. The Morgan fingerprint density at radius 1 is 1.04 bits per heavy atom. The van der Waals surface area contributed by atoms with E-state index in [-0.39, 0.29) is 12.3 Å². The monoisotopic (exact) mass is 335 g/mol. The molecule has 0 bridgehead atoms. The van der Waals surface area contributed by atoms with Crippen molar-refractivity contribution >= 4 is 23.2 Å². The number of rotatable bonds is 6. The van der Waals surface area contributed by atoms with Gasteiger partial charge in [0.25, 0.3) is 0 Å². The van der Waals surface area contributed by atoms with Crippen molar-refractivity contribution in [2.24, 2.45) is 0 Å². The van der Waals surface area contributed by atoms with Gasteiger partial charge in [0.15, 0.2) is 11.5 Å². The van der Waals surface area contributed by atoms with E-state index < -0.39 is 0 Å². The number of hydrogen-bond donors (Lipinski definition) is 1. The number of hydrogen-bond acceptors (Lipinski definition) is 4. The quantitative estimate of drug-likeness (QED) is 0.877. The number of amides is 1. The minimum absolute atomic E-state index is 0.135. The normalized spacial score (nSPS) is 10.1. The molecule has 0 unspecified atom stereocenters. The van der Waals surface area contributed by atoms with E-state index in [2.05, 4.69) is 5.32 Å². The summed E-state index contributed by atoms with van der Waals surface area (Å²) in [5.41, 5.74) is 1.34. The Balaban J connectivity index is 2.20. The van der Waals surface area contributed by atoms with Crippen molar-refractivity contribution in [1.82, 2.24) is 0 Å². The van der Waals surface area contributed by atoms with Crippen molar-refractivity contribution in [2.45, 2.75) is 6.42 Å². The molecule has 2 rings (SSSR count). The van der Waals surface area contributed by atoms with Crippen LogP contribution in [0.1, 0.15) is 5.56 Å². The first-order chi connectivity index (χ1) is 11.1. The van der Waals surface area contributed by atoms with Crippen LogP contribution in [0, 0.1) is 0 Å². The zero-order valence-corrected chi connectivity index (χ0v) is 13.9. The molecule has 2 aromatic carbocycles. The molecule has 6 heteroatoms. The number of anilines is 1. The maximum Gasteiger partial charge on any atom is 0.228 e. The summed E-state index contributed by atoms with van der Waals surface area (Å²) in [7, 11) is 4.59. The fraction of sp³-hybridized carbons (Fsp3) is 0.235. The lowest BCUT2D eigenvalue weighted by molar-refractivity contribution is -0.115. The fourth-order valence-corrected chi connectivity index (χ4v) is 2.44. The molecule has 1 amide bonds. The molecular weight excluding hydrogens is 318 g/mol. The Bertz CT molecular complexity index is 703. The molecule has 122 valence electrons. The Morgan fingerprint density at radius 3 is 2.39 bits per heavy atom. The maximum absolute atomic E-state index is 12.2. The third-order valence-corrected chi connectivity index (χ3v) is 3.48. The summed E-state index contributed by atoms with van der Waals surface area (Å²) in [4.78, 5) is 12.2. The molecule has 0 spiro atoms. The van der Waals surface area contributed by atoms with E-state index >= 15 is 0 Å². The first kappa shape index (κ1) is 17.0. The average Bonchev–Trinajstić information content (AvgIpc) is 2.54. The zero-order chi connectivity index (χ0) is 16.8. The van der Waals surface area contributed by atoms with Crippen molar-refractivity contribution < 1.29 is 19.0 Å². The minimum Gasteiger partial charge on any atom is -0.493 e. The first-order valence-corrected chi connectivity index (χ1v) is 7.30. The van der Waals surface area contributed by atoms with Gasteiger partial charge in [0.2, 0.25) is 11.7 Å². The molecule has 5 nitrogen and oxygen atoms in total. The van der Waals surface area contributed by atoms with Gasteiger partial charge in [-0.25, -0.2) is 0 Å². The van der Waals surface area contributed by atoms with Crippen LogP contribution in [-0.2, 0) is 11.2 Å². The highest BCUT2D eigenvalue weighted by Gasteiger charge is 2.17. The van der Waals surface area contributed by atoms with Crippen LogP contribution in [-0.4, -0.2) is 27.2 Å². The topological polar surface area (TPSA) is 56.8 Å². The number of benzene rings is 2. The molecule has 0 radical (unpaired) electrons. The second kappa shape index (κ2) is 7.74. The van der Waals surface area contributed by atoms with Gasteiger partial charge in [0, 0.05) is 16.3 Å². The third kappa shape index (κ3) is 4.07. The smallest absolute Gasteiger partial charge is 0.228 e. The summed E-state index contributed by atoms with van der Waals surface area (Å²) in [5.74, 6) is 1.30. The van der Waals surface area contributed by atoms with Crippen LogP contribution in [0.3, 0.4) is 0 Å². The molecule has 23 heavy (non-hydrogen) atoms. The van der Waals surface area contributed by atoms with Crippen molar-refractivity contribution in [1.29, 1.82) is 0 Å². The summed E-state index contributed by atoms with van der Waals surface area (Å²) in [6.07, 6.45) is 0.135. The molecular formula is C17H18ClNO4. The molecule has 2 aromatic rings. The predicted octanol–water partition coefficient (Wildman–Crippen LogP) is 3.55. The average molecular weight is 336 g/mol. The fourth-order valence-electron chi connectivity index (χ4n) is 2.25. The van der Waals surface area contributed by atoms with Gasteiger partial charge in [0.1, 0.15) is 0 Å². The Labute approximate surface area is 140 Å². The Hall–Kier alpha value is -2.40. The van der Waals surface area contributed by atoms with Gasteiger partial charge in [-0.1, -0.05) is 23.7 Å². The molecule has 0 aliphatic rings. The first-order valence-electron chi connectivity index (χ1n) is 6.92. The highest BCUT2D eigenvalue weighted by atomic mass is 35.5. The van der Waals surface area contributed by atoms with Crippen LogP contribution >= 0.6 is 11.6 Å². The number of nitrogens with one attached hydrogen (secondary N) is 1. The molecule has 0 saturated carbocycles. The van der Waals surface area contributed by atoms with Gasteiger partial charge in [-0.05, 0) is 24.3 Å². The van der Waals surface area contributed by atoms with Crippen LogP contribution in [0.25, 0.3) is 0 Å². The largest absolute Gasteiger partial charge is 0.493 e. The lowest BCUT2D eigenvalue weighted by Crippen LogP contribution is -2.15. The van der Waals surface area contributed by atoms with E-state index in [0.29, 0.717) is 33.5 Å². The molecule has 0 fully saturated rings. The summed E-state index contributed by atoms with van der Waals surface area (Å²) in [6.45, 7) is 0. The Morgan fingerprint density at radius 2 is 1.78 bits per heavy atom. The molecule has 1 N–H and O–H groups in total. The third-order valence-electron chi connectivity index (χ3n) is 3.25. The van der Waals surface area contributed by atoms with E-state index in [0.717, 1.165) is 0 Å². The molecule has 0 heterocycles. The summed E-state index contributed by atoms with van der Waals surface area (Å²) in [6, 6.07) is 10.5. The maximum atomic E-state index is 12.2. The van der Waals surface area contributed by atoms with Gasteiger partial charge in [-0.2, -0.15) is 0 Å². The van der Waals surface area contributed by atoms with Crippen LogP contribution in [0.15, 0.2) is 36.4 Å². The highest BCUT2D eigenvalue weighted by molar-refractivity contribution is 6.30. The number of carbonyl (C=O) groups excluding carboxylic acids is 1. The van der Waals surface area contributed by atoms with Gasteiger partial charge < -0.3 is 19.5 Å². The standard InChI is InChI=1S/C17H18ClNO4/c1-21-14-8-7-11(16(22-2)17(14)23-3)9-15(20)19-13-6-4-5-12(18)10-13/h4-8,10H,9H2,1-3H3,(H,19,20). The van der Waals surface area contributed by atoms with E-state index in [1.54, 1.807) is 43.5 Å².